The molecule has 5 aromatic rings. The van der Waals surface area contributed by atoms with Crippen molar-refractivity contribution in [1.82, 2.24) is 49.0 Å². The molecule has 5 amide bonds. The van der Waals surface area contributed by atoms with Crippen LogP contribution in [0, 0.1) is 6.92 Å². The molecule has 5 aromatic carbocycles. The number of halogens is 17. The zero-order chi connectivity index (χ0) is 107. The summed E-state index contributed by atoms with van der Waals surface area (Å²) in [4.78, 5) is 131. The van der Waals surface area contributed by atoms with E-state index in [0.29, 0.717) is 139 Å². The van der Waals surface area contributed by atoms with E-state index in [0.717, 1.165) is 85.1 Å². The summed E-state index contributed by atoms with van der Waals surface area (Å²) < 4.78 is 210. The Morgan fingerprint density at radius 1 is 0.306 bits per heavy atom. The Labute approximate surface area is 831 Å². The molecule has 52 heteroatoms. The van der Waals surface area contributed by atoms with Gasteiger partial charge in [0.25, 0.3) is 0 Å². The number of alkyl halides is 15. The minimum absolute atomic E-state index is 0.00543. The van der Waals surface area contributed by atoms with Crippen LogP contribution in [-0.2, 0) is 80.4 Å². The van der Waals surface area contributed by atoms with Gasteiger partial charge in [0.1, 0.15) is 18.1 Å². The van der Waals surface area contributed by atoms with Crippen molar-refractivity contribution >= 4 is 112 Å². The summed E-state index contributed by atoms with van der Waals surface area (Å²) in [5.41, 5.74) is 9.21. The first-order valence-corrected chi connectivity index (χ1v) is 46.4. The molecule has 144 heavy (non-hydrogen) atoms. The second-order valence-corrected chi connectivity index (χ2v) is 35.2. The molecule has 5 aliphatic heterocycles. The van der Waals surface area contributed by atoms with Gasteiger partial charge in [-0.05, 0) is 145 Å². The molecule has 10 rings (SSSR count). The van der Waals surface area contributed by atoms with Crippen molar-refractivity contribution in [3.8, 4) is 0 Å². The highest BCUT2D eigenvalue weighted by Crippen LogP contribution is 2.33. The van der Waals surface area contributed by atoms with Crippen LogP contribution in [0.5, 0.6) is 0 Å². The Kier molecular flexibility index (Phi) is 47.5. The Bertz CT molecular complexity index is 4690. The number of rotatable bonds is 33. The minimum Gasteiger partial charge on any atom is -0.481 e. The number of hydrogen-bond acceptors (Lipinski definition) is 25. The first-order valence-electron chi connectivity index (χ1n) is 45.7. The number of para-hydroxylation sites is 2. The zero-order valence-electron chi connectivity index (χ0n) is 80.4. The van der Waals surface area contributed by atoms with Crippen molar-refractivity contribution in [2.75, 3.05) is 171 Å². The number of anilines is 5. The fourth-order valence-corrected chi connectivity index (χ4v) is 14.4. The Hall–Kier alpha value is -11.9. The standard InChI is InChI=1S/2C19H26F3N3O4.2C18H23ClF3N3O4.C18H24F3N3O4/c1-12-4-5-15(16(10-12)23-13(2)17(26)27)11-24-6-8-25(9-7-24)18(28)29-14(3)19(20,21)22;1-14(19(20,21)22)29-18(28)25-11-9-24(10-12-25)13-15-5-2-3-6-16(15)23-8-4-7-17(26)27;2*1-11(16(26)27)23-15-9-14(19)4-3-13(15)10-24-5-7-25(8-6-24)17(28)29-12(2)18(20,21)22;1-13(18(19,20)21)28-17(27)24-10-8-23(9-11-24)12-14-4-2-3-5-15(14)22-7-6-16(25)26/h4-5,10,13-14,23H,6-9,11H2,1-3H3,(H,26,27);2-3,5-6,14,23H,4,7-13H2,1H3,(H,26,27);2*3-4,9,11-12,23H,5-8,10H2,1-2H3,(H,26,27);2-5,13,22H,6-12H2,1H3,(H,25,26)/t13-,14?;;2*11-,12?;/m1.10./s1. The molecule has 0 spiro atoms. The van der Waals surface area contributed by atoms with Crippen molar-refractivity contribution in [3.63, 3.8) is 0 Å². The second-order valence-electron chi connectivity index (χ2n) is 34.3. The topological polar surface area (TPSA) is 411 Å². The number of aliphatic carboxylic acids is 5. The Morgan fingerprint density at radius 3 is 0.764 bits per heavy atom. The number of carboxylic acids is 5. The summed E-state index contributed by atoms with van der Waals surface area (Å²) in [6.07, 6.45) is -37.9. The fourth-order valence-electron chi connectivity index (χ4n) is 14.0. The SMILES string of the molecule is CC(OC(=O)N1CCN(Cc2ccc(Cl)cc2N[C@@H](C)C(=O)O)CC1)C(F)(F)F.CC(OC(=O)N1CCN(Cc2ccc(Cl)cc2N[C@H](C)C(=O)O)CC1)C(F)(F)F.CC(OC(=O)N1CCN(Cc2ccccc2NCCC(=O)O)CC1)C(F)(F)F.CC(OC(=O)N1CCN(Cc2ccccc2NCCCC(=O)O)CC1)C(F)(F)F.Cc1ccc(CN2CCN(C(=O)OC(C)C(F)(F)F)CC2)c(N[C@H](C)C(=O)O)c1. The molecular weight excluding hydrogens is 1990 g/mol. The molecule has 5 fully saturated rings. The van der Waals surface area contributed by atoms with Gasteiger partial charge in [0.05, 0.1) is 6.42 Å². The van der Waals surface area contributed by atoms with Gasteiger partial charge in [-0.25, -0.2) is 24.0 Å². The third-order valence-corrected chi connectivity index (χ3v) is 23.5. The van der Waals surface area contributed by atoms with Crippen LogP contribution >= 0.6 is 23.2 Å². The second kappa shape index (κ2) is 56.6. The maximum absolute atomic E-state index is 12.5. The van der Waals surface area contributed by atoms with Gasteiger partial charge in [0, 0.05) is 222 Å². The number of aryl methyl sites for hydroxylation is 1. The van der Waals surface area contributed by atoms with Crippen LogP contribution < -0.4 is 26.6 Å². The molecule has 5 saturated heterocycles. The quantitative estimate of drug-likeness (QED) is 0.0106. The highest BCUT2D eigenvalue weighted by Gasteiger charge is 2.45. The number of benzene rings is 5. The molecule has 10 N–H and O–H groups in total. The summed E-state index contributed by atoms with van der Waals surface area (Å²) >= 11 is 12.0. The van der Waals surface area contributed by atoms with Crippen LogP contribution in [0.3, 0.4) is 0 Å². The largest absolute Gasteiger partial charge is 0.481 e. The van der Waals surface area contributed by atoms with Gasteiger partial charge in [0.15, 0.2) is 30.5 Å². The van der Waals surface area contributed by atoms with Crippen molar-refractivity contribution in [2.45, 2.75) is 194 Å². The van der Waals surface area contributed by atoms with E-state index in [4.69, 9.17) is 48.7 Å². The summed E-state index contributed by atoms with van der Waals surface area (Å²) in [5, 5.41) is 60.8. The molecule has 0 radical (unpaired) electrons. The van der Waals surface area contributed by atoms with E-state index in [-0.39, 0.29) is 78.3 Å². The van der Waals surface area contributed by atoms with E-state index in [1.165, 1.54) is 38.3 Å². The third kappa shape index (κ3) is 42.4. The lowest BCUT2D eigenvalue weighted by atomic mass is 10.1. The first kappa shape index (κ1) is 121. The predicted octanol–water partition coefficient (Wildman–Crippen LogP) is 15.9. The monoisotopic (exact) mass is 2110 g/mol. The molecule has 5 heterocycles. The van der Waals surface area contributed by atoms with Crippen LogP contribution in [0.25, 0.3) is 0 Å². The van der Waals surface area contributed by atoms with Gasteiger partial charge in [-0.15, -0.1) is 0 Å². The number of carboxylic acid groups (broad SMARTS) is 5. The number of piperazine rings is 5. The van der Waals surface area contributed by atoms with Crippen LogP contribution in [0.1, 0.15) is 108 Å². The van der Waals surface area contributed by atoms with E-state index in [2.05, 4.69) is 65.0 Å². The third-order valence-electron chi connectivity index (χ3n) is 23.0. The van der Waals surface area contributed by atoms with E-state index in [9.17, 15) is 114 Å². The number of hydrogen-bond donors (Lipinski definition) is 10. The molecule has 0 aliphatic carbocycles. The summed E-state index contributed by atoms with van der Waals surface area (Å²) in [5.74, 6) is -4.68. The van der Waals surface area contributed by atoms with Crippen LogP contribution in [0.2, 0.25) is 10.0 Å². The van der Waals surface area contributed by atoms with Gasteiger partial charge >= 0.3 is 91.2 Å². The maximum atomic E-state index is 12.5. The number of amides is 5. The van der Waals surface area contributed by atoms with Gasteiger partial charge in [-0.1, -0.05) is 83.9 Å². The van der Waals surface area contributed by atoms with Gasteiger partial charge in [-0.2, -0.15) is 65.9 Å². The van der Waals surface area contributed by atoms with Gasteiger partial charge < -0.3 is 100 Å². The highest BCUT2D eigenvalue weighted by molar-refractivity contribution is 6.31. The molecule has 0 saturated carbocycles. The molecule has 5 unspecified atom stereocenters. The number of carbonyl (C=O) groups is 10. The Balaban J connectivity index is 0.000000275. The van der Waals surface area contributed by atoms with Crippen LogP contribution in [0.4, 0.5) is 118 Å². The van der Waals surface area contributed by atoms with E-state index in [1.807, 2.05) is 83.5 Å². The lowest BCUT2D eigenvalue weighted by molar-refractivity contribution is -0.200. The van der Waals surface area contributed by atoms with Crippen LogP contribution in [-0.4, -0.2) is 358 Å². The minimum atomic E-state index is -4.59. The average Bonchev–Trinajstić information content (AvgIpc) is 0.841. The van der Waals surface area contributed by atoms with Crippen molar-refractivity contribution in [1.29, 1.82) is 0 Å². The molecular formula is C92H122Cl2F15N15O20. The van der Waals surface area contributed by atoms with E-state index in [1.54, 1.807) is 43.3 Å². The Morgan fingerprint density at radius 2 is 0.528 bits per heavy atom. The van der Waals surface area contributed by atoms with Crippen molar-refractivity contribution < 1.29 is 163 Å². The molecule has 804 valence electrons. The fraction of sp³-hybridized carbons (Fsp3) is 0.565. The van der Waals surface area contributed by atoms with Crippen LogP contribution in [0.15, 0.2) is 103 Å². The predicted molar refractivity (Wildman–Crippen MR) is 499 cm³/mol. The molecule has 0 bridgehead atoms. The lowest BCUT2D eigenvalue weighted by Crippen LogP contribution is -2.49. The number of nitrogens with one attached hydrogen (secondary N) is 5. The highest BCUT2D eigenvalue weighted by atomic mass is 35.5. The number of ether oxygens (including phenoxy) is 5. The van der Waals surface area contributed by atoms with Crippen molar-refractivity contribution in [3.05, 3.63) is 147 Å². The molecule has 5 aliphatic rings. The molecule has 0 aromatic heterocycles. The summed E-state index contributed by atoms with van der Waals surface area (Å²) in [7, 11) is 0. The summed E-state index contributed by atoms with van der Waals surface area (Å²) in [6, 6.07) is 28.8. The molecule has 35 nitrogen and oxygen atoms in total. The normalized spacial score (nSPS) is 17.1. The maximum Gasteiger partial charge on any atom is 0.425 e. The smallest absolute Gasteiger partial charge is 0.425 e. The number of nitrogens with zero attached hydrogens (tertiary/aromatic N) is 10. The van der Waals surface area contributed by atoms with E-state index >= 15 is 0 Å². The van der Waals surface area contributed by atoms with Crippen molar-refractivity contribution in [2.24, 2.45) is 0 Å². The lowest BCUT2D eigenvalue weighted by Gasteiger charge is -2.35. The molecule has 8 atom stereocenters. The van der Waals surface area contributed by atoms with E-state index < -0.39 is 140 Å². The summed E-state index contributed by atoms with van der Waals surface area (Å²) in [6.45, 7) is 21.3. The zero-order valence-corrected chi connectivity index (χ0v) is 81.9. The number of carbonyl (C=O) groups excluding carboxylic acids is 5. The van der Waals surface area contributed by atoms with Gasteiger partial charge in [0.2, 0.25) is 0 Å². The first-order chi connectivity index (χ1) is 67.2. The van der Waals surface area contributed by atoms with Gasteiger partial charge in [-0.3, -0.25) is 48.5 Å². The average molecular weight is 2110 g/mol.